The van der Waals surface area contributed by atoms with Gasteiger partial charge in [-0.15, -0.1) is 0 Å². The fourth-order valence-electron chi connectivity index (χ4n) is 1.51. The van der Waals surface area contributed by atoms with E-state index in [9.17, 15) is 8.42 Å². The molecule has 1 aromatic carbocycles. The summed E-state index contributed by atoms with van der Waals surface area (Å²) in [4.78, 5) is 0.462. The van der Waals surface area contributed by atoms with Crippen molar-refractivity contribution in [2.75, 3.05) is 0 Å². The van der Waals surface area contributed by atoms with E-state index in [1.54, 1.807) is 24.3 Å². The number of hydrogen-bond acceptors (Lipinski definition) is 2. The molecule has 2 rings (SSSR count). The van der Waals surface area contributed by atoms with Crippen LogP contribution in [-0.2, 0) is 9.84 Å². The Kier molecular flexibility index (Phi) is 1.91. The lowest BCUT2D eigenvalue weighted by Crippen LogP contribution is -2.08. The number of rotatable bonds is 2. The Morgan fingerprint density at radius 3 is 2.23 bits per heavy atom. The molecular weight excluding hydrogens is 184 g/mol. The predicted molar refractivity (Wildman–Crippen MR) is 51.2 cm³/mol. The van der Waals surface area contributed by atoms with Crippen molar-refractivity contribution in [3.05, 3.63) is 30.3 Å². The summed E-state index contributed by atoms with van der Waals surface area (Å²) in [6.07, 6.45) is 0.817. The van der Waals surface area contributed by atoms with E-state index in [1.165, 1.54) is 0 Å². The van der Waals surface area contributed by atoms with Crippen LogP contribution in [0.15, 0.2) is 35.2 Å². The van der Waals surface area contributed by atoms with Gasteiger partial charge in [0.05, 0.1) is 10.1 Å². The lowest BCUT2D eigenvalue weighted by molar-refractivity contribution is 0.593. The van der Waals surface area contributed by atoms with Crippen LogP contribution in [-0.4, -0.2) is 13.7 Å². The third-order valence-corrected chi connectivity index (χ3v) is 4.89. The lowest BCUT2D eigenvalue weighted by atomic mass is 10.4. The summed E-state index contributed by atoms with van der Waals surface area (Å²) in [6.45, 7) is 1.98. The standard InChI is InChI=1S/C10H12O2S/c1-8-7-10(8)13(11,12)9-5-3-2-4-6-9/h2-6,8,10H,7H2,1H3/t8-,10-/m1/s1. The van der Waals surface area contributed by atoms with Gasteiger partial charge in [-0.05, 0) is 24.5 Å². The molecule has 0 aromatic heterocycles. The van der Waals surface area contributed by atoms with Gasteiger partial charge in [-0.2, -0.15) is 0 Å². The van der Waals surface area contributed by atoms with Crippen LogP contribution in [0.1, 0.15) is 13.3 Å². The van der Waals surface area contributed by atoms with Crippen LogP contribution in [0.5, 0.6) is 0 Å². The first-order valence-electron chi connectivity index (χ1n) is 4.41. The van der Waals surface area contributed by atoms with Crippen molar-refractivity contribution in [2.24, 2.45) is 5.92 Å². The topological polar surface area (TPSA) is 34.1 Å². The molecule has 1 aliphatic carbocycles. The monoisotopic (exact) mass is 196 g/mol. The van der Waals surface area contributed by atoms with Crippen molar-refractivity contribution < 1.29 is 8.42 Å². The summed E-state index contributed by atoms with van der Waals surface area (Å²) in [5, 5.41) is -0.130. The maximum absolute atomic E-state index is 11.8. The highest BCUT2D eigenvalue weighted by atomic mass is 32.2. The molecule has 13 heavy (non-hydrogen) atoms. The molecule has 1 aliphatic rings. The lowest BCUT2D eigenvalue weighted by Gasteiger charge is -2.01. The van der Waals surface area contributed by atoms with E-state index in [-0.39, 0.29) is 5.25 Å². The summed E-state index contributed by atoms with van der Waals surface area (Å²) < 4.78 is 23.6. The Balaban J connectivity index is 2.36. The van der Waals surface area contributed by atoms with Crippen LogP contribution >= 0.6 is 0 Å². The van der Waals surface area contributed by atoms with E-state index in [0.29, 0.717) is 10.8 Å². The quantitative estimate of drug-likeness (QED) is 0.723. The van der Waals surface area contributed by atoms with Gasteiger partial charge < -0.3 is 0 Å². The van der Waals surface area contributed by atoms with Crippen molar-refractivity contribution in [3.63, 3.8) is 0 Å². The zero-order valence-corrected chi connectivity index (χ0v) is 8.29. The number of benzene rings is 1. The second-order valence-electron chi connectivity index (χ2n) is 3.61. The summed E-state index contributed by atoms with van der Waals surface area (Å²) >= 11 is 0. The molecule has 0 N–H and O–H groups in total. The highest BCUT2D eigenvalue weighted by molar-refractivity contribution is 7.92. The number of hydrogen-bond donors (Lipinski definition) is 0. The second-order valence-corrected chi connectivity index (χ2v) is 5.78. The molecule has 1 aromatic rings. The Labute approximate surface area is 78.5 Å². The van der Waals surface area contributed by atoms with Gasteiger partial charge in [0.2, 0.25) is 0 Å². The van der Waals surface area contributed by atoms with Crippen molar-refractivity contribution >= 4 is 9.84 Å². The van der Waals surface area contributed by atoms with Crippen molar-refractivity contribution in [1.29, 1.82) is 0 Å². The van der Waals surface area contributed by atoms with Crippen LogP contribution in [0, 0.1) is 5.92 Å². The van der Waals surface area contributed by atoms with Crippen LogP contribution in [0.2, 0.25) is 0 Å². The molecule has 0 unspecified atom stereocenters. The van der Waals surface area contributed by atoms with Gasteiger partial charge in [0.1, 0.15) is 0 Å². The zero-order chi connectivity index (χ0) is 9.47. The van der Waals surface area contributed by atoms with E-state index in [2.05, 4.69) is 0 Å². The first-order valence-corrected chi connectivity index (χ1v) is 5.96. The molecule has 0 amide bonds. The Hall–Kier alpha value is -0.830. The van der Waals surface area contributed by atoms with E-state index >= 15 is 0 Å². The maximum Gasteiger partial charge on any atom is 0.181 e. The van der Waals surface area contributed by atoms with E-state index in [0.717, 1.165) is 6.42 Å². The van der Waals surface area contributed by atoms with E-state index in [1.807, 2.05) is 13.0 Å². The largest absolute Gasteiger partial charge is 0.223 e. The second kappa shape index (κ2) is 2.84. The van der Waals surface area contributed by atoms with Gasteiger partial charge in [-0.25, -0.2) is 8.42 Å². The fraction of sp³-hybridized carbons (Fsp3) is 0.400. The molecule has 1 saturated carbocycles. The third kappa shape index (κ3) is 1.48. The van der Waals surface area contributed by atoms with Gasteiger partial charge in [0, 0.05) is 0 Å². The van der Waals surface area contributed by atoms with Gasteiger partial charge in [-0.1, -0.05) is 25.1 Å². The molecule has 0 bridgehead atoms. The molecule has 0 spiro atoms. The molecule has 3 heteroatoms. The predicted octanol–water partition coefficient (Wildman–Crippen LogP) is 1.87. The van der Waals surface area contributed by atoms with Crippen LogP contribution in [0.25, 0.3) is 0 Å². The highest BCUT2D eigenvalue weighted by Crippen LogP contribution is 2.39. The SMILES string of the molecule is C[C@@H]1C[C@H]1S(=O)(=O)c1ccccc1. The van der Waals surface area contributed by atoms with Gasteiger partial charge in [0.25, 0.3) is 0 Å². The Morgan fingerprint density at radius 2 is 1.77 bits per heavy atom. The average molecular weight is 196 g/mol. The molecule has 0 saturated heterocycles. The summed E-state index contributed by atoms with van der Waals surface area (Å²) in [6, 6.07) is 8.69. The molecule has 0 heterocycles. The molecule has 2 nitrogen and oxygen atoms in total. The molecule has 2 atom stereocenters. The minimum Gasteiger partial charge on any atom is -0.223 e. The van der Waals surface area contributed by atoms with Crippen molar-refractivity contribution in [3.8, 4) is 0 Å². The Bertz CT molecular complexity index is 394. The molecule has 70 valence electrons. The first kappa shape index (κ1) is 8.75. The van der Waals surface area contributed by atoms with Crippen LogP contribution in [0.3, 0.4) is 0 Å². The van der Waals surface area contributed by atoms with Crippen LogP contribution in [0.4, 0.5) is 0 Å². The van der Waals surface area contributed by atoms with Gasteiger partial charge in [-0.3, -0.25) is 0 Å². The van der Waals surface area contributed by atoms with Gasteiger partial charge >= 0.3 is 0 Å². The highest BCUT2D eigenvalue weighted by Gasteiger charge is 2.44. The summed E-state index contributed by atoms with van der Waals surface area (Å²) in [5.74, 6) is 0.338. The molecular formula is C10H12O2S. The van der Waals surface area contributed by atoms with Crippen molar-refractivity contribution in [1.82, 2.24) is 0 Å². The minimum atomic E-state index is -3.01. The minimum absolute atomic E-state index is 0.130. The normalized spacial score (nSPS) is 27.2. The Morgan fingerprint density at radius 1 is 1.23 bits per heavy atom. The molecule has 1 fully saturated rings. The van der Waals surface area contributed by atoms with E-state index in [4.69, 9.17) is 0 Å². The summed E-state index contributed by atoms with van der Waals surface area (Å²) in [5.41, 5.74) is 0. The number of sulfone groups is 1. The van der Waals surface area contributed by atoms with Gasteiger partial charge in [0.15, 0.2) is 9.84 Å². The molecule has 0 aliphatic heterocycles. The third-order valence-electron chi connectivity index (χ3n) is 2.51. The smallest absolute Gasteiger partial charge is 0.181 e. The van der Waals surface area contributed by atoms with E-state index < -0.39 is 9.84 Å². The van der Waals surface area contributed by atoms with Crippen LogP contribution < -0.4 is 0 Å². The summed E-state index contributed by atoms with van der Waals surface area (Å²) in [7, 11) is -3.01. The average Bonchev–Trinajstić information content (AvgIpc) is 2.85. The maximum atomic E-state index is 11.8. The fourth-order valence-corrected chi connectivity index (χ4v) is 3.56. The first-order chi connectivity index (χ1) is 6.12. The van der Waals surface area contributed by atoms with Crippen molar-refractivity contribution in [2.45, 2.75) is 23.5 Å². The zero-order valence-electron chi connectivity index (χ0n) is 7.47. The molecule has 0 radical (unpaired) electrons.